The molecule has 0 saturated heterocycles. The van der Waals surface area contributed by atoms with Gasteiger partial charge in [-0.3, -0.25) is 0 Å². The zero-order valence-corrected chi connectivity index (χ0v) is 12.1. The van der Waals surface area contributed by atoms with Crippen LogP contribution in [0.25, 0.3) is 0 Å². The van der Waals surface area contributed by atoms with E-state index in [1.807, 2.05) is 13.0 Å². The van der Waals surface area contributed by atoms with Crippen LogP contribution in [0.15, 0.2) is 18.2 Å². The number of halogens is 1. The number of benzene rings is 1. The van der Waals surface area contributed by atoms with E-state index in [4.69, 9.17) is 5.73 Å². The average Bonchev–Trinajstić information content (AvgIpc) is 2.24. The number of rotatable bonds is 5. The highest BCUT2D eigenvalue weighted by atomic mass is 19.1. The third-order valence-corrected chi connectivity index (χ3v) is 2.98. The molecule has 0 radical (unpaired) electrons. The van der Waals surface area contributed by atoms with E-state index in [-0.39, 0.29) is 11.9 Å². The third kappa shape index (κ3) is 3.45. The fraction of sp³-hybridized carbons (Fsp3) is 0.600. The maximum absolute atomic E-state index is 14.0. The predicted molar refractivity (Wildman–Crippen MR) is 76.3 cm³/mol. The van der Waals surface area contributed by atoms with Crippen molar-refractivity contribution in [2.24, 2.45) is 11.7 Å². The number of hydrogen-bond donors (Lipinski definition) is 1. The van der Waals surface area contributed by atoms with Crippen molar-refractivity contribution in [3.05, 3.63) is 29.6 Å². The highest BCUT2D eigenvalue weighted by Crippen LogP contribution is 2.29. The molecule has 2 N–H and O–H groups in total. The van der Waals surface area contributed by atoms with Crippen molar-refractivity contribution >= 4 is 5.69 Å². The lowest BCUT2D eigenvalue weighted by molar-refractivity contribution is 0.555. The molecule has 0 heterocycles. The molecular formula is C15H25FN2. The van der Waals surface area contributed by atoms with E-state index in [1.54, 1.807) is 6.07 Å². The first-order valence-corrected chi connectivity index (χ1v) is 6.65. The summed E-state index contributed by atoms with van der Waals surface area (Å²) < 4.78 is 14.0. The summed E-state index contributed by atoms with van der Waals surface area (Å²) in [6.45, 7) is 11.3. The fourth-order valence-electron chi connectivity index (χ4n) is 2.21. The van der Waals surface area contributed by atoms with Gasteiger partial charge in [0.2, 0.25) is 0 Å². The molecule has 1 aromatic rings. The van der Waals surface area contributed by atoms with Gasteiger partial charge in [0.05, 0.1) is 0 Å². The molecule has 0 saturated carbocycles. The van der Waals surface area contributed by atoms with Crippen LogP contribution in [0.2, 0.25) is 0 Å². The van der Waals surface area contributed by atoms with Crippen molar-refractivity contribution in [3.8, 4) is 0 Å². The van der Waals surface area contributed by atoms with E-state index in [0.717, 1.165) is 12.2 Å². The van der Waals surface area contributed by atoms with Crippen LogP contribution in [0.5, 0.6) is 0 Å². The van der Waals surface area contributed by atoms with E-state index < -0.39 is 0 Å². The second-order valence-corrected chi connectivity index (χ2v) is 5.60. The summed E-state index contributed by atoms with van der Waals surface area (Å²) in [5.41, 5.74) is 7.46. The summed E-state index contributed by atoms with van der Waals surface area (Å²) in [4.78, 5) is 2.23. The SMILES string of the molecule is CC(C)CN(c1cccc(F)c1C(C)N)C(C)C. The van der Waals surface area contributed by atoms with Gasteiger partial charge in [-0.05, 0) is 38.8 Å². The molecule has 102 valence electrons. The summed E-state index contributed by atoms with van der Waals surface area (Å²) in [6, 6.07) is 5.23. The van der Waals surface area contributed by atoms with Crippen LogP contribution in [0.1, 0.15) is 46.2 Å². The lowest BCUT2D eigenvalue weighted by Gasteiger charge is -2.33. The van der Waals surface area contributed by atoms with Gasteiger partial charge in [0.25, 0.3) is 0 Å². The van der Waals surface area contributed by atoms with Crippen molar-refractivity contribution < 1.29 is 4.39 Å². The Morgan fingerprint density at radius 1 is 1.17 bits per heavy atom. The number of anilines is 1. The molecule has 0 amide bonds. The Labute approximate surface area is 110 Å². The Balaban J connectivity index is 3.23. The monoisotopic (exact) mass is 252 g/mol. The van der Waals surface area contributed by atoms with Crippen molar-refractivity contribution in [1.82, 2.24) is 0 Å². The van der Waals surface area contributed by atoms with Gasteiger partial charge in [0.15, 0.2) is 0 Å². The summed E-state index contributed by atoms with van der Waals surface area (Å²) in [5.74, 6) is 0.313. The molecule has 1 aromatic carbocycles. The Bertz CT molecular complexity index is 386. The Morgan fingerprint density at radius 3 is 2.22 bits per heavy atom. The highest BCUT2D eigenvalue weighted by molar-refractivity contribution is 5.56. The van der Waals surface area contributed by atoms with Crippen LogP contribution in [0, 0.1) is 11.7 Å². The number of nitrogens with zero attached hydrogens (tertiary/aromatic N) is 1. The highest BCUT2D eigenvalue weighted by Gasteiger charge is 2.20. The smallest absolute Gasteiger partial charge is 0.130 e. The molecule has 0 aliphatic heterocycles. The molecule has 0 spiro atoms. The van der Waals surface area contributed by atoms with E-state index in [0.29, 0.717) is 17.5 Å². The van der Waals surface area contributed by atoms with Crippen molar-refractivity contribution in [1.29, 1.82) is 0 Å². The quantitative estimate of drug-likeness (QED) is 0.865. The molecule has 0 aliphatic carbocycles. The van der Waals surface area contributed by atoms with Gasteiger partial charge < -0.3 is 10.6 Å². The molecule has 2 nitrogen and oxygen atoms in total. The Hall–Kier alpha value is -1.09. The van der Waals surface area contributed by atoms with E-state index in [2.05, 4.69) is 32.6 Å². The van der Waals surface area contributed by atoms with Crippen molar-refractivity contribution in [2.75, 3.05) is 11.4 Å². The van der Waals surface area contributed by atoms with Gasteiger partial charge in [0, 0.05) is 29.9 Å². The Kier molecular flexibility index (Phi) is 5.15. The van der Waals surface area contributed by atoms with Crippen LogP contribution >= 0.6 is 0 Å². The first kappa shape index (κ1) is 15.0. The molecule has 0 aromatic heterocycles. The van der Waals surface area contributed by atoms with Crippen LogP contribution in [0.3, 0.4) is 0 Å². The normalized spacial score (nSPS) is 13.2. The minimum atomic E-state index is -0.297. The molecular weight excluding hydrogens is 227 g/mol. The predicted octanol–water partition coefficient (Wildman–Crippen LogP) is 3.72. The van der Waals surface area contributed by atoms with Gasteiger partial charge in [-0.15, -0.1) is 0 Å². The number of nitrogens with two attached hydrogens (primary N) is 1. The molecule has 1 rings (SSSR count). The second kappa shape index (κ2) is 6.19. The largest absolute Gasteiger partial charge is 0.368 e. The van der Waals surface area contributed by atoms with Crippen LogP contribution in [-0.4, -0.2) is 12.6 Å². The Morgan fingerprint density at radius 2 is 1.78 bits per heavy atom. The zero-order valence-electron chi connectivity index (χ0n) is 12.1. The van der Waals surface area contributed by atoms with Crippen LogP contribution in [0.4, 0.5) is 10.1 Å². The van der Waals surface area contributed by atoms with Crippen LogP contribution in [-0.2, 0) is 0 Å². The molecule has 1 unspecified atom stereocenters. The fourth-order valence-corrected chi connectivity index (χ4v) is 2.21. The number of hydrogen-bond acceptors (Lipinski definition) is 2. The lowest BCUT2D eigenvalue weighted by atomic mass is 10.0. The van der Waals surface area contributed by atoms with Gasteiger partial charge in [-0.1, -0.05) is 19.9 Å². The minimum Gasteiger partial charge on any atom is -0.368 e. The molecule has 3 heteroatoms. The van der Waals surface area contributed by atoms with Gasteiger partial charge in [-0.25, -0.2) is 4.39 Å². The topological polar surface area (TPSA) is 29.3 Å². The van der Waals surface area contributed by atoms with Gasteiger partial charge >= 0.3 is 0 Å². The third-order valence-electron chi connectivity index (χ3n) is 2.98. The molecule has 18 heavy (non-hydrogen) atoms. The second-order valence-electron chi connectivity index (χ2n) is 5.60. The first-order valence-electron chi connectivity index (χ1n) is 6.65. The minimum absolute atomic E-state index is 0.211. The molecule has 0 fully saturated rings. The summed E-state index contributed by atoms with van der Waals surface area (Å²) >= 11 is 0. The van der Waals surface area contributed by atoms with Gasteiger partial charge in [-0.2, -0.15) is 0 Å². The molecule has 0 bridgehead atoms. The zero-order chi connectivity index (χ0) is 13.9. The summed E-state index contributed by atoms with van der Waals surface area (Å²) in [7, 11) is 0. The van der Waals surface area contributed by atoms with E-state index in [1.165, 1.54) is 6.07 Å². The standard InChI is InChI=1S/C15H25FN2/c1-10(2)9-18(11(3)4)14-8-6-7-13(16)15(14)12(5)17/h6-8,10-12H,9,17H2,1-5H3. The lowest BCUT2D eigenvalue weighted by Crippen LogP contribution is -2.35. The van der Waals surface area contributed by atoms with E-state index in [9.17, 15) is 4.39 Å². The summed E-state index contributed by atoms with van der Waals surface area (Å²) in [6.07, 6.45) is 0. The molecule has 0 aliphatic rings. The van der Waals surface area contributed by atoms with Crippen molar-refractivity contribution in [2.45, 2.75) is 46.7 Å². The summed E-state index contributed by atoms with van der Waals surface area (Å²) in [5, 5.41) is 0. The molecule has 1 atom stereocenters. The maximum Gasteiger partial charge on any atom is 0.130 e. The maximum atomic E-state index is 14.0. The van der Waals surface area contributed by atoms with Crippen LogP contribution < -0.4 is 10.6 Å². The van der Waals surface area contributed by atoms with Gasteiger partial charge in [0.1, 0.15) is 5.82 Å². The van der Waals surface area contributed by atoms with E-state index >= 15 is 0 Å². The first-order chi connectivity index (χ1) is 8.34. The van der Waals surface area contributed by atoms with Crippen molar-refractivity contribution in [3.63, 3.8) is 0 Å². The average molecular weight is 252 g/mol.